The molecule has 0 amide bonds. The summed E-state index contributed by atoms with van der Waals surface area (Å²) >= 11 is 0. The highest BCUT2D eigenvalue weighted by atomic mass is 16.5. The first kappa shape index (κ1) is 9.39. The molecule has 1 heterocycles. The molecule has 0 radical (unpaired) electrons. The van der Waals surface area contributed by atoms with Crippen molar-refractivity contribution in [1.82, 2.24) is 0 Å². The minimum absolute atomic E-state index is 0.397. The second-order valence-corrected chi connectivity index (χ2v) is 3.70. The van der Waals surface area contributed by atoms with E-state index in [1.807, 2.05) is 30.3 Å². The monoisotopic (exact) mass is 214 g/mol. The van der Waals surface area contributed by atoms with Crippen molar-refractivity contribution in [2.24, 2.45) is 0 Å². The van der Waals surface area contributed by atoms with Crippen LogP contribution in [0.5, 0.6) is 0 Å². The second-order valence-electron chi connectivity index (χ2n) is 3.70. The molecule has 2 N–H and O–H groups in total. The molecule has 3 aromatic rings. The number of para-hydroxylation sites is 2. The Balaban J connectivity index is 2.49. The van der Waals surface area contributed by atoms with Crippen molar-refractivity contribution in [3.63, 3.8) is 0 Å². The highest BCUT2D eigenvalue weighted by Gasteiger charge is 2.13. The number of benzene rings is 2. The maximum Gasteiger partial charge on any atom is 0.182 e. The Labute approximate surface area is 91.5 Å². The van der Waals surface area contributed by atoms with Gasteiger partial charge in [-0.3, -0.25) is 0 Å². The predicted molar refractivity (Wildman–Crippen MR) is 60.9 cm³/mol. The smallest absolute Gasteiger partial charge is 0.182 e. The normalized spacial score (nSPS) is 11.7. The van der Waals surface area contributed by atoms with E-state index < -0.39 is 6.29 Å². The number of furan rings is 1. The van der Waals surface area contributed by atoms with Crippen molar-refractivity contribution in [1.29, 1.82) is 0 Å². The Hall–Kier alpha value is -1.84. The van der Waals surface area contributed by atoms with E-state index in [-0.39, 0.29) is 0 Å². The summed E-state index contributed by atoms with van der Waals surface area (Å²) in [6.45, 7) is 0. The molecule has 0 aliphatic heterocycles. The topological polar surface area (TPSA) is 53.6 Å². The van der Waals surface area contributed by atoms with Gasteiger partial charge in [0.15, 0.2) is 6.29 Å². The number of rotatable bonds is 1. The van der Waals surface area contributed by atoms with Gasteiger partial charge in [-0.05, 0) is 6.07 Å². The summed E-state index contributed by atoms with van der Waals surface area (Å²) < 4.78 is 5.62. The fourth-order valence-electron chi connectivity index (χ4n) is 1.97. The lowest BCUT2D eigenvalue weighted by Gasteiger charge is -2.02. The summed E-state index contributed by atoms with van der Waals surface area (Å²) in [5.41, 5.74) is 1.69. The fraction of sp³-hybridized carbons (Fsp3) is 0.0769. The minimum atomic E-state index is -1.51. The largest absolute Gasteiger partial charge is 0.456 e. The average Bonchev–Trinajstić information content (AvgIpc) is 2.67. The summed E-state index contributed by atoms with van der Waals surface area (Å²) in [6, 6.07) is 13.0. The first-order valence-electron chi connectivity index (χ1n) is 5.03. The van der Waals surface area contributed by atoms with Crippen molar-refractivity contribution in [3.8, 4) is 0 Å². The van der Waals surface area contributed by atoms with E-state index >= 15 is 0 Å². The van der Waals surface area contributed by atoms with Gasteiger partial charge in [0.1, 0.15) is 11.2 Å². The Kier molecular flexibility index (Phi) is 1.96. The lowest BCUT2D eigenvalue weighted by molar-refractivity contribution is -0.0418. The average molecular weight is 214 g/mol. The molecule has 3 nitrogen and oxygen atoms in total. The van der Waals surface area contributed by atoms with Crippen LogP contribution in [-0.2, 0) is 0 Å². The highest BCUT2D eigenvalue weighted by molar-refractivity contribution is 6.05. The molecule has 0 fully saturated rings. The van der Waals surface area contributed by atoms with Gasteiger partial charge in [-0.25, -0.2) is 0 Å². The lowest BCUT2D eigenvalue weighted by atomic mass is 10.1. The van der Waals surface area contributed by atoms with Crippen molar-refractivity contribution in [3.05, 3.63) is 48.0 Å². The van der Waals surface area contributed by atoms with E-state index in [9.17, 15) is 10.2 Å². The van der Waals surface area contributed by atoms with Gasteiger partial charge in [0.2, 0.25) is 0 Å². The predicted octanol–water partition coefficient (Wildman–Crippen LogP) is 2.57. The van der Waals surface area contributed by atoms with Gasteiger partial charge in [0.05, 0.1) is 5.56 Å². The Morgan fingerprint density at radius 1 is 0.875 bits per heavy atom. The number of hydrogen-bond acceptors (Lipinski definition) is 3. The van der Waals surface area contributed by atoms with E-state index in [1.165, 1.54) is 0 Å². The number of aliphatic hydroxyl groups is 2. The third-order valence-corrected chi connectivity index (χ3v) is 2.71. The fourth-order valence-corrected chi connectivity index (χ4v) is 1.97. The quantitative estimate of drug-likeness (QED) is 0.612. The van der Waals surface area contributed by atoms with Gasteiger partial charge in [-0.2, -0.15) is 0 Å². The number of hydrogen-bond donors (Lipinski definition) is 2. The molecule has 3 rings (SSSR count). The third-order valence-electron chi connectivity index (χ3n) is 2.71. The van der Waals surface area contributed by atoms with Crippen molar-refractivity contribution < 1.29 is 14.6 Å². The highest BCUT2D eigenvalue weighted by Crippen LogP contribution is 2.32. The molecule has 0 unspecified atom stereocenters. The number of fused-ring (bicyclic) bond motifs is 3. The van der Waals surface area contributed by atoms with E-state index in [2.05, 4.69) is 0 Å². The van der Waals surface area contributed by atoms with Crippen LogP contribution in [0.4, 0.5) is 0 Å². The van der Waals surface area contributed by atoms with Crippen molar-refractivity contribution >= 4 is 21.9 Å². The number of aliphatic hydroxyl groups excluding tert-OH is 1. The third kappa shape index (κ3) is 1.23. The standard InChI is InChI=1S/C13H10O3/c14-13(15)10-6-3-5-9-8-4-1-2-7-11(8)16-12(9)10/h1-7,13-15H. The van der Waals surface area contributed by atoms with Gasteiger partial charge in [-0.1, -0.05) is 36.4 Å². The summed E-state index contributed by atoms with van der Waals surface area (Å²) in [5.74, 6) is 0. The van der Waals surface area contributed by atoms with Crippen molar-refractivity contribution in [2.75, 3.05) is 0 Å². The van der Waals surface area contributed by atoms with E-state index in [0.717, 1.165) is 16.4 Å². The van der Waals surface area contributed by atoms with Crippen LogP contribution in [0.15, 0.2) is 46.9 Å². The van der Waals surface area contributed by atoms with Gasteiger partial charge in [-0.15, -0.1) is 0 Å². The van der Waals surface area contributed by atoms with Crippen molar-refractivity contribution in [2.45, 2.75) is 6.29 Å². The molecule has 0 spiro atoms. The molecule has 16 heavy (non-hydrogen) atoms. The molecular weight excluding hydrogens is 204 g/mol. The minimum Gasteiger partial charge on any atom is -0.456 e. The molecule has 2 aromatic carbocycles. The molecule has 1 aromatic heterocycles. The molecule has 0 bridgehead atoms. The van der Waals surface area contributed by atoms with Gasteiger partial charge in [0.25, 0.3) is 0 Å². The van der Waals surface area contributed by atoms with Crippen LogP contribution in [0.1, 0.15) is 11.9 Å². The lowest BCUT2D eigenvalue weighted by Crippen LogP contribution is -1.94. The van der Waals surface area contributed by atoms with Gasteiger partial charge >= 0.3 is 0 Å². The first-order valence-corrected chi connectivity index (χ1v) is 5.03. The summed E-state index contributed by atoms with van der Waals surface area (Å²) in [6.07, 6.45) is -1.51. The van der Waals surface area contributed by atoms with Crippen LogP contribution >= 0.6 is 0 Å². The zero-order valence-electron chi connectivity index (χ0n) is 8.42. The molecule has 0 saturated carbocycles. The second kappa shape index (κ2) is 3.33. The van der Waals surface area contributed by atoms with Crippen LogP contribution < -0.4 is 0 Å². The van der Waals surface area contributed by atoms with Crippen LogP contribution in [-0.4, -0.2) is 10.2 Å². The van der Waals surface area contributed by atoms with Crippen LogP contribution in [0.2, 0.25) is 0 Å². The molecule has 80 valence electrons. The van der Waals surface area contributed by atoms with Gasteiger partial charge in [0, 0.05) is 10.8 Å². The Bertz CT molecular complexity index is 652. The van der Waals surface area contributed by atoms with Crippen LogP contribution in [0.3, 0.4) is 0 Å². The summed E-state index contributed by atoms with van der Waals surface area (Å²) in [7, 11) is 0. The van der Waals surface area contributed by atoms with E-state index in [1.54, 1.807) is 12.1 Å². The Morgan fingerprint density at radius 3 is 2.44 bits per heavy atom. The molecule has 0 saturated heterocycles. The van der Waals surface area contributed by atoms with E-state index in [0.29, 0.717) is 11.1 Å². The zero-order chi connectivity index (χ0) is 11.1. The maximum atomic E-state index is 9.24. The first-order chi connectivity index (χ1) is 7.77. The van der Waals surface area contributed by atoms with E-state index in [4.69, 9.17) is 4.42 Å². The van der Waals surface area contributed by atoms with Crippen LogP contribution in [0, 0.1) is 0 Å². The molecule has 3 heteroatoms. The molecule has 0 atom stereocenters. The zero-order valence-corrected chi connectivity index (χ0v) is 8.42. The SMILES string of the molecule is OC(O)c1cccc2c1oc1ccccc12. The summed E-state index contributed by atoms with van der Waals surface area (Å²) in [5, 5.41) is 20.4. The molecule has 0 aliphatic carbocycles. The van der Waals surface area contributed by atoms with Gasteiger partial charge < -0.3 is 14.6 Å². The Morgan fingerprint density at radius 2 is 1.62 bits per heavy atom. The molecular formula is C13H10O3. The van der Waals surface area contributed by atoms with Crippen LogP contribution in [0.25, 0.3) is 21.9 Å². The maximum absolute atomic E-state index is 9.24. The summed E-state index contributed by atoms with van der Waals surface area (Å²) in [4.78, 5) is 0. The molecule has 0 aliphatic rings.